The molecule has 4 N–H and O–H groups in total. The van der Waals surface area contributed by atoms with E-state index in [1.165, 1.54) is 0 Å². The van der Waals surface area contributed by atoms with Crippen LogP contribution in [0.1, 0.15) is 23.2 Å². The molecule has 0 heterocycles. The van der Waals surface area contributed by atoms with Gasteiger partial charge in [0.25, 0.3) is 5.91 Å². The van der Waals surface area contributed by atoms with Gasteiger partial charge in [0.1, 0.15) is 0 Å². The van der Waals surface area contributed by atoms with Gasteiger partial charge in [-0.2, -0.15) is 0 Å². The quantitative estimate of drug-likeness (QED) is 0.732. The summed E-state index contributed by atoms with van der Waals surface area (Å²) in [5.41, 5.74) is 6.19. The Hall–Kier alpha value is -1.07. The highest BCUT2D eigenvalue weighted by Crippen LogP contribution is 2.35. The minimum Gasteiger partial charge on any atom is -0.398 e. The van der Waals surface area contributed by atoms with E-state index in [1.54, 1.807) is 18.2 Å². The number of nitrogens with one attached hydrogen (secondary N) is 1. The molecule has 0 aliphatic heterocycles. The van der Waals surface area contributed by atoms with E-state index in [0.29, 0.717) is 11.3 Å². The first-order valence-corrected chi connectivity index (χ1v) is 5.84. The first kappa shape index (κ1) is 11.4. The van der Waals surface area contributed by atoms with Gasteiger partial charge in [-0.05, 0) is 31.0 Å². The number of hydrogen-bond donors (Lipinski definition) is 3. The van der Waals surface area contributed by atoms with Crippen LogP contribution in [-0.2, 0) is 0 Å². The zero-order valence-electron chi connectivity index (χ0n) is 8.66. The molecule has 0 unspecified atom stereocenters. The molecule has 1 aromatic rings. The van der Waals surface area contributed by atoms with Gasteiger partial charge >= 0.3 is 0 Å². The molecule has 0 atom stereocenters. The van der Waals surface area contributed by atoms with Crippen molar-refractivity contribution in [3.05, 3.63) is 28.2 Å². The SMILES string of the molecule is Nc1ccc(Br)cc1C(=O)NC1(CO)CC1. The first-order valence-electron chi connectivity index (χ1n) is 5.05. The van der Waals surface area contributed by atoms with Crippen molar-refractivity contribution in [1.29, 1.82) is 0 Å². The first-order chi connectivity index (χ1) is 7.56. The second kappa shape index (κ2) is 4.07. The van der Waals surface area contributed by atoms with Crippen LogP contribution in [0.4, 0.5) is 5.69 Å². The lowest BCUT2D eigenvalue weighted by Gasteiger charge is -2.15. The number of benzene rings is 1. The van der Waals surface area contributed by atoms with Crippen molar-refractivity contribution >= 4 is 27.5 Å². The number of anilines is 1. The van der Waals surface area contributed by atoms with Gasteiger partial charge in [0, 0.05) is 10.2 Å². The van der Waals surface area contributed by atoms with Gasteiger partial charge in [-0.25, -0.2) is 0 Å². The minimum atomic E-state index is -0.411. The molecule has 1 amide bonds. The predicted molar refractivity (Wildman–Crippen MR) is 65.1 cm³/mol. The van der Waals surface area contributed by atoms with Crippen LogP contribution < -0.4 is 11.1 Å². The van der Waals surface area contributed by atoms with Gasteiger partial charge in [0.05, 0.1) is 17.7 Å². The van der Waals surface area contributed by atoms with E-state index in [-0.39, 0.29) is 12.5 Å². The average molecular weight is 285 g/mol. The Morgan fingerprint density at radius 1 is 1.56 bits per heavy atom. The summed E-state index contributed by atoms with van der Waals surface area (Å²) in [5.74, 6) is -0.231. The molecule has 1 saturated carbocycles. The number of hydrogen-bond acceptors (Lipinski definition) is 3. The van der Waals surface area contributed by atoms with Crippen molar-refractivity contribution in [2.24, 2.45) is 0 Å². The molecule has 1 fully saturated rings. The molecule has 0 aromatic heterocycles. The molecule has 0 saturated heterocycles. The van der Waals surface area contributed by atoms with Gasteiger partial charge in [-0.3, -0.25) is 4.79 Å². The van der Waals surface area contributed by atoms with Crippen LogP contribution in [0.2, 0.25) is 0 Å². The third-order valence-corrected chi connectivity index (χ3v) is 3.29. The Bertz CT molecular complexity index is 430. The van der Waals surface area contributed by atoms with Gasteiger partial charge < -0.3 is 16.2 Å². The zero-order chi connectivity index (χ0) is 11.8. The van der Waals surface area contributed by atoms with Crippen LogP contribution in [0.15, 0.2) is 22.7 Å². The molecular weight excluding hydrogens is 272 g/mol. The zero-order valence-corrected chi connectivity index (χ0v) is 10.3. The van der Waals surface area contributed by atoms with Gasteiger partial charge in [0.15, 0.2) is 0 Å². The van der Waals surface area contributed by atoms with E-state index in [4.69, 9.17) is 10.8 Å². The molecule has 86 valence electrons. The second-order valence-electron chi connectivity index (χ2n) is 4.12. The monoisotopic (exact) mass is 284 g/mol. The number of aliphatic hydroxyl groups excluding tert-OH is 1. The highest BCUT2D eigenvalue weighted by molar-refractivity contribution is 9.10. The number of carbonyl (C=O) groups excluding carboxylic acids is 1. The molecule has 0 spiro atoms. The van der Waals surface area contributed by atoms with Crippen molar-refractivity contribution in [3.63, 3.8) is 0 Å². The number of amides is 1. The smallest absolute Gasteiger partial charge is 0.253 e. The van der Waals surface area contributed by atoms with Crippen molar-refractivity contribution in [3.8, 4) is 0 Å². The number of nitrogens with two attached hydrogens (primary N) is 1. The standard InChI is InChI=1S/C11H13BrN2O2/c12-7-1-2-9(13)8(5-7)10(16)14-11(6-15)3-4-11/h1-2,5,15H,3-4,6,13H2,(H,14,16). The summed E-state index contributed by atoms with van der Waals surface area (Å²) < 4.78 is 0.806. The van der Waals surface area contributed by atoms with E-state index in [2.05, 4.69) is 21.2 Å². The lowest BCUT2D eigenvalue weighted by atomic mass is 10.1. The van der Waals surface area contributed by atoms with E-state index in [0.717, 1.165) is 17.3 Å². The van der Waals surface area contributed by atoms with Crippen LogP contribution in [0, 0.1) is 0 Å². The minimum absolute atomic E-state index is 0.0212. The Morgan fingerprint density at radius 2 is 2.25 bits per heavy atom. The summed E-state index contributed by atoms with van der Waals surface area (Å²) in [4.78, 5) is 11.9. The van der Waals surface area contributed by atoms with Crippen LogP contribution in [-0.4, -0.2) is 23.2 Å². The van der Waals surface area contributed by atoms with Crippen molar-refractivity contribution in [2.45, 2.75) is 18.4 Å². The van der Waals surface area contributed by atoms with Crippen LogP contribution in [0.25, 0.3) is 0 Å². The summed E-state index contributed by atoms with van der Waals surface area (Å²) in [5, 5.41) is 11.9. The Kier molecular flexibility index (Phi) is 2.90. The molecular formula is C11H13BrN2O2. The summed E-state index contributed by atoms with van der Waals surface area (Å²) in [6.07, 6.45) is 1.65. The third kappa shape index (κ3) is 2.20. The van der Waals surface area contributed by atoms with E-state index in [9.17, 15) is 4.79 Å². The molecule has 1 aliphatic carbocycles. The number of rotatable bonds is 3. The highest BCUT2D eigenvalue weighted by atomic mass is 79.9. The fourth-order valence-corrected chi connectivity index (χ4v) is 1.87. The molecule has 16 heavy (non-hydrogen) atoms. The van der Waals surface area contributed by atoms with Crippen molar-refractivity contribution in [1.82, 2.24) is 5.32 Å². The summed E-state index contributed by atoms with van der Waals surface area (Å²) in [7, 11) is 0. The maximum absolute atomic E-state index is 11.9. The molecule has 4 nitrogen and oxygen atoms in total. The van der Waals surface area contributed by atoms with Crippen LogP contribution in [0.5, 0.6) is 0 Å². The Morgan fingerprint density at radius 3 is 2.81 bits per heavy atom. The van der Waals surface area contributed by atoms with E-state index in [1.807, 2.05) is 0 Å². The fraction of sp³-hybridized carbons (Fsp3) is 0.364. The Balaban J connectivity index is 2.17. The topological polar surface area (TPSA) is 75.4 Å². The van der Waals surface area contributed by atoms with Crippen LogP contribution in [0.3, 0.4) is 0 Å². The van der Waals surface area contributed by atoms with Gasteiger partial charge in [-0.1, -0.05) is 15.9 Å². The van der Waals surface area contributed by atoms with Crippen molar-refractivity contribution < 1.29 is 9.90 Å². The number of halogens is 1. The molecule has 1 aromatic carbocycles. The maximum Gasteiger partial charge on any atom is 0.253 e. The molecule has 2 rings (SSSR count). The number of aliphatic hydroxyl groups is 1. The maximum atomic E-state index is 11.9. The van der Waals surface area contributed by atoms with E-state index >= 15 is 0 Å². The molecule has 0 radical (unpaired) electrons. The van der Waals surface area contributed by atoms with Crippen molar-refractivity contribution in [2.75, 3.05) is 12.3 Å². The predicted octanol–water partition coefficient (Wildman–Crippen LogP) is 1.29. The Labute approximate surface area is 102 Å². The lowest BCUT2D eigenvalue weighted by Crippen LogP contribution is -2.39. The average Bonchev–Trinajstić information content (AvgIpc) is 3.02. The summed E-state index contributed by atoms with van der Waals surface area (Å²) in [6, 6.07) is 5.14. The fourth-order valence-electron chi connectivity index (χ4n) is 1.51. The number of carbonyl (C=O) groups is 1. The number of nitrogen functional groups attached to an aromatic ring is 1. The van der Waals surface area contributed by atoms with Gasteiger partial charge in [0.2, 0.25) is 0 Å². The van der Waals surface area contributed by atoms with E-state index < -0.39 is 5.54 Å². The molecule has 0 bridgehead atoms. The molecule has 5 heteroatoms. The second-order valence-corrected chi connectivity index (χ2v) is 5.04. The van der Waals surface area contributed by atoms with Crippen LogP contribution >= 0.6 is 15.9 Å². The summed E-state index contributed by atoms with van der Waals surface area (Å²) in [6.45, 7) is -0.0212. The summed E-state index contributed by atoms with van der Waals surface area (Å²) >= 11 is 3.29. The molecule has 1 aliphatic rings. The third-order valence-electron chi connectivity index (χ3n) is 2.79. The van der Waals surface area contributed by atoms with Gasteiger partial charge in [-0.15, -0.1) is 0 Å². The lowest BCUT2D eigenvalue weighted by molar-refractivity contribution is 0.0907. The largest absolute Gasteiger partial charge is 0.398 e. The highest BCUT2D eigenvalue weighted by Gasteiger charge is 2.43. The normalized spacial score (nSPS) is 16.9.